The lowest BCUT2D eigenvalue weighted by Gasteiger charge is -2.28. The largest absolute Gasteiger partial charge is 0.493 e. The molecule has 0 atom stereocenters. The number of ether oxygens (including phenoxy) is 3. The molecule has 1 aliphatic rings. The van der Waals surface area contributed by atoms with Crippen LogP contribution in [0.2, 0.25) is 0 Å². The molecule has 0 aliphatic carbocycles. The Balaban J connectivity index is 1.34. The Bertz CT molecular complexity index is 1090. The van der Waals surface area contributed by atoms with Crippen LogP contribution in [0.3, 0.4) is 0 Å². The Morgan fingerprint density at radius 2 is 1.68 bits per heavy atom. The predicted octanol–water partition coefficient (Wildman–Crippen LogP) is 4.48. The van der Waals surface area contributed by atoms with Gasteiger partial charge in [-0.25, -0.2) is 0 Å². The van der Waals surface area contributed by atoms with Crippen molar-refractivity contribution in [3.8, 4) is 28.7 Å². The van der Waals surface area contributed by atoms with Crippen LogP contribution in [0.25, 0.3) is 11.5 Å². The van der Waals surface area contributed by atoms with Crippen LogP contribution < -0.4 is 24.4 Å². The number of carbonyl (C=O) groups excluding carboxylic acids is 1. The van der Waals surface area contributed by atoms with E-state index in [9.17, 15) is 4.79 Å². The minimum absolute atomic E-state index is 0.144. The molecule has 9 nitrogen and oxygen atoms in total. The van der Waals surface area contributed by atoms with Gasteiger partial charge in [-0.15, -0.1) is 10.2 Å². The average Bonchev–Trinajstić information content (AvgIpc) is 3.36. The van der Waals surface area contributed by atoms with Gasteiger partial charge in [0.15, 0.2) is 11.5 Å². The summed E-state index contributed by atoms with van der Waals surface area (Å²) in [6, 6.07) is 11.4. The predicted molar refractivity (Wildman–Crippen MR) is 131 cm³/mol. The summed E-state index contributed by atoms with van der Waals surface area (Å²) in [7, 11) is 4.61. The topological polar surface area (TPSA) is 99.0 Å². The molecule has 0 unspecified atom stereocenters. The SMILES string of the molecule is COc1cc(-c2nnc(SCC(=O)Nc3ccc(N4CCCCC4)cc3)o2)cc(OC)c1OC. The molecule has 1 aromatic heterocycles. The molecule has 3 aromatic rings. The average molecular weight is 485 g/mol. The Morgan fingerprint density at radius 1 is 1.00 bits per heavy atom. The van der Waals surface area contributed by atoms with Crippen LogP contribution in [0.4, 0.5) is 11.4 Å². The van der Waals surface area contributed by atoms with Crippen LogP contribution >= 0.6 is 11.8 Å². The molecular formula is C24H28N4O5S. The maximum atomic E-state index is 12.4. The molecule has 1 N–H and O–H groups in total. The minimum atomic E-state index is -0.150. The number of hydrogen-bond donors (Lipinski definition) is 1. The number of anilines is 2. The van der Waals surface area contributed by atoms with Crippen molar-refractivity contribution in [1.82, 2.24) is 10.2 Å². The summed E-state index contributed by atoms with van der Waals surface area (Å²) in [5.41, 5.74) is 2.57. The Hall–Kier alpha value is -3.40. The fourth-order valence-electron chi connectivity index (χ4n) is 3.82. The van der Waals surface area contributed by atoms with Gasteiger partial charge in [0.1, 0.15) is 0 Å². The summed E-state index contributed by atoms with van der Waals surface area (Å²) in [5.74, 6) is 1.72. The molecule has 0 spiro atoms. The van der Waals surface area contributed by atoms with Crippen LogP contribution in [0.15, 0.2) is 46.0 Å². The first kappa shape index (κ1) is 23.7. The highest BCUT2D eigenvalue weighted by molar-refractivity contribution is 7.99. The van der Waals surface area contributed by atoms with Crippen LogP contribution in [0, 0.1) is 0 Å². The van der Waals surface area contributed by atoms with Gasteiger partial charge in [0, 0.05) is 30.0 Å². The van der Waals surface area contributed by atoms with Crippen molar-refractivity contribution in [2.75, 3.05) is 50.4 Å². The van der Waals surface area contributed by atoms with E-state index in [0.717, 1.165) is 18.8 Å². The molecule has 34 heavy (non-hydrogen) atoms. The molecule has 0 radical (unpaired) electrons. The van der Waals surface area contributed by atoms with E-state index in [2.05, 4.69) is 32.5 Å². The van der Waals surface area contributed by atoms with Gasteiger partial charge in [-0.2, -0.15) is 0 Å². The van der Waals surface area contributed by atoms with Gasteiger partial charge in [0.25, 0.3) is 5.22 Å². The van der Waals surface area contributed by atoms with E-state index in [1.807, 2.05) is 12.1 Å². The normalized spacial score (nSPS) is 13.4. The van der Waals surface area contributed by atoms with Crippen LogP contribution in [0.1, 0.15) is 19.3 Å². The zero-order valence-electron chi connectivity index (χ0n) is 19.5. The molecule has 4 rings (SSSR count). The summed E-state index contributed by atoms with van der Waals surface area (Å²) in [6.45, 7) is 2.18. The molecule has 0 bridgehead atoms. The van der Waals surface area contributed by atoms with E-state index in [4.69, 9.17) is 18.6 Å². The third-order valence-electron chi connectivity index (χ3n) is 5.52. The fourth-order valence-corrected chi connectivity index (χ4v) is 4.38. The van der Waals surface area contributed by atoms with Crippen molar-refractivity contribution < 1.29 is 23.4 Å². The number of aromatic nitrogens is 2. The summed E-state index contributed by atoms with van der Waals surface area (Å²) in [6.07, 6.45) is 3.76. The highest BCUT2D eigenvalue weighted by Gasteiger charge is 2.18. The first-order valence-electron chi connectivity index (χ1n) is 11.0. The summed E-state index contributed by atoms with van der Waals surface area (Å²) >= 11 is 1.17. The summed E-state index contributed by atoms with van der Waals surface area (Å²) in [5, 5.41) is 11.3. The van der Waals surface area contributed by atoms with Gasteiger partial charge in [-0.3, -0.25) is 4.79 Å². The second-order valence-corrected chi connectivity index (χ2v) is 8.65. The third kappa shape index (κ3) is 5.56. The Labute approximate surface area is 202 Å². The molecule has 2 heterocycles. The molecule has 1 fully saturated rings. The maximum Gasteiger partial charge on any atom is 0.277 e. The van der Waals surface area contributed by atoms with Crippen molar-refractivity contribution >= 4 is 29.0 Å². The van der Waals surface area contributed by atoms with E-state index in [1.165, 1.54) is 58.0 Å². The van der Waals surface area contributed by atoms with Crippen molar-refractivity contribution in [2.45, 2.75) is 24.5 Å². The molecule has 2 aromatic carbocycles. The molecule has 0 saturated carbocycles. The number of thioether (sulfide) groups is 1. The van der Waals surface area contributed by atoms with Gasteiger partial charge in [-0.1, -0.05) is 11.8 Å². The van der Waals surface area contributed by atoms with Gasteiger partial charge in [-0.05, 0) is 55.7 Å². The number of carbonyl (C=O) groups is 1. The molecule has 1 aliphatic heterocycles. The van der Waals surface area contributed by atoms with Crippen molar-refractivity contribution in [1.29, 1.82) is 0 Å². The number of rotatable bonds is 9. The molecule has 1 amide bonds. The quantitative estimate of drug-likeness (QED) is 0.441. The number of hydrogen-bond acceptors (Lipinski definition) is 9. The van der Waals surface area contributed by atoms with E-state index in [1.54, 1.807) is 12.1 Å². The Kier molecular flexibility index (Phi) is 7.79. The molecule has 180 valence electrons. The standard InChI is InChI=1S/C24H28N4O5S/c1-30-19-13-16(14-20(31-2)22(19)32-3)23-26-27-24(33-23)34-15-21(29)25-17-7-9-18(10-8-17)28-11-5-4-6-12-28/h7-10,13-14H,4-6,11-12,15H2,1-3H3,(H,25,29). The van der Waals surface area contributed by atoms with E-state index < -0.39 is 0 Å². The van der Waals surface area contributed by atoms with E-state index >= 15 is 0 Å². The first-order valence-corrected chi connectivity index (χ1v) is 12.0. The molecule has 10 heteroatoms. The van der Waals surface area contributed by atoms with Gasteiger partial charge >= 0.3 is 0 Å². The number of piperidine rings is 1. The fraction of sp³-hybridized carbons (Fsp3) is 0.375. The Morgan fingerprint density at radius 3 is 2.29 bits per heavy atom. The zero-order chi connectivity index (χ0) is 23.9. The van der Waals surface area contributed by atoms with Gasteiger partial charge < -0.3 is 28.8 Å². The van der Waals surface area contributed by atoms with Gasteiger partial charge in [0.05, 0.1) is 27.1 Å². The van der Waals surface area contributed by atoms with Crippen LogP contribution in [-0.4, -0.2) is 56.3 Å². The lowest BCUT2D eigenvalue weighted by atomic mass is 10.1. The maximum absolute atomic E-state index is 12.4. The van der Waals surface area contributed by atoms with Crippen molar-refractivity contribution in [3.05, 3.63) is 36.4 Å². The van der Waals surface area contributed by atoms with Gasteiger partial charge in [0.2, 0.25) is 17.5 Å². The number of nitrogens with zero attached hydrogens (tertiary/aromatic N) is 3. The number of methoxy groups -OCH3 is 3. The second-order valence-electron chi connectivity index (χ2n) is 7.72. The number of benzene rings is 2. The monoisotopic (exact) mass is 484 g/mol. The number of amides is 1. The summed E-state index contributed by atoms with van der Waals surface area (Å²) < 4.78 is 21.8. The van der Waals surface area contributed by atoms with E-state index in [-0.39, 0.29) is 17.6 Å². The van der Waals surface area contributed by atoms with Crippen molar-refractivity contribution in [3.63, 3.8) is 0 Å². The summed E-state index contributed by atoms with van der Waals surface area (Å²) in [4.78, 5) is 14.8. The molecular weight excluding hydrogens is 456 g/mol. The molecule has 1 saturated heterocycles. The third-order valence-corrected chi connectivity index (χ3v) is 6.34. The van der Waals surface area contributed by atoms with E-state index in [0.29, 0.717) is 28.0 Å². The van der Waals surface area contributed by atoms with Crippen LogP contribution in [-0.2, 0) is 4.79 Å². The first-order chi connectivity index (χ1) is 16.6. The van der Waals surface area contributed by atoms with Crippen molar-refractivity contribution in [2.24, 2.45) is 0 Å². The minimum Gasteiger partial charge on any atom is -0.493 e. The number of nitrogens with one attached hydrogen (secondary N) is 1. The second kappa shape index (κ2) is 11.1. The zero-order valence-corrected chi connectivity index (χ0v) is 20.3. The highest BCUT2D eigenvalue weighted by atomic mass is 32.2. The highest BCUT2D eigenvalue weighted by Crippen LogP contribution is 2.41. The lowest BCUT2D eigenvalue weighted by Crippen LogP contribution is -2.29. The smallest absolute Gasteiger partial charge is 0.277 e. The lowest BCUT2D eigenvalue weighted by molar-refractivity contribution is -0.113. The van der Waals surface area contributed by atoms with Crippen LogP contribution in [0.5, 0.6) is 17.2 Å².